The fraction of sp³-hybridized carbons (Fsp3) is 0.571. The van der Waals surface area contributed by atoms with E-state index in [2.05, 4.69) is 10.3 Å². The van der Waals surface area contributed by atoms with Gasteiger partial charge in [0.15, 0.2) is 0 Å². The summed E-state index contributed by atoms with van der Waals surface area (Å²) in [5.41, 5.74) is 0.627. The molecule has 1 atom stereocenters. The van der Waals surface area contributed by atoms with Gasteiger partial charge in [0, 0.05) is 11.3 Å². The molecule has 0 aliphatic carbocycles. The van der Waals surface area contributed by atoms with Gasteiger partial charge in [-0.2, -0.15) is 0 Å². The number of aliphatic hydroxyl groups excluding tert-OH is 1. The van der Waals surface area contributed by atoms with Gasteiger partial charge in [-0.25, -0.2) is 4.98 Å². The van der Waals surface area contributed by atoms with E-state index in [1.807, 2.05) is 20.8 Å². The van der Waals surface area contributed by atoms with Crippen molar-refractivity contribution in [1.29, 1.82) is 0 Å². The Hall–Kier alpha value is -1.13. The van der Waals surface area contributed by atoms with Crippen LogP contribution < -0.4 is 5.32 Å². The molecule has 0 aliphatic heterocycles. The van der Waals surface area contributed by atoms with E-state index in [-0.39, 0.29) is 18.4 Å². The Morgan fingerprint density at radius 1 is 1.53 bits per heavy atom. The first-order valence-electron chi connectivity index (χ1n) is 6.42. The molecule has 0 saturated heterocycles. The smallest absolute Gasteiger partial charge is 0.251 e. The fourth-order valence-electron chi connectivity index (χ4n) is 1.53. The van der Waals surface area contributed by atoms with Gasteiger partial charge in [0.25, 0.3) is 5.91 Å². The van der Waals surface area contributed by atoms with Crippen LogP contribution in [0.3, 0.4) is 0 Å². The summed E-state index contributed by atoms with van der Waals surface area (Å²) in [6.07, 6.45) is 0.644. The summed E-state index contributed by atoms with van der Waals surface area (Å²) >= 11 is 5.94. The van der Waals surface area contributed by atoms with Crippen LogP contribution in [0.4, 0.5) is 0 Å². The van der Waals surface area contributed by atoms with E-state index >= 15 is 0 Å². The van der Waals surface area contributed by atoms with Crippen LogP contribution in [0.25, 0.3) is 0 Å². The highest BCUT2D eigenvalue weighted by Gasteiger charge is 2.24. The molecule has 4 nitrogen and oxygen atoms in total. The first-order valence-corrected chi connectivity index (χ1v) is 6.80. The second-order valence-corrected chi connectivity index (χ2v) is 5.67. The van der Waals surface area contributed by atoms with E-state index in [9.17, 15) is 9.90 Å². The molecule has 0 fully saturated rings. The number of hydrogen-bond acceptors (Lipinski definition) is 3. The molecule has 0 spiro atoms. The lowest BCUT2D eigenvalue weighted by atomic mass is 9.99. The van der Waals surface area contributed by atoms with Crippen molar-refractivity contribution in [2.75, 3.05) is 6.61 Å². The summed E-state index contributed by atoms with van der Waals surface area (Å²) in [6, 6.07) is 3.27. The number of pyridine rings is 1. The molecular weight excluding hydrogens is 264 g/mol. The number of nitrogens with zero attached hydrogens (tertiary/aromatic N) is 1. The average Bonchev–Trinajstić information content (AvgIpc) is 2.37. The Morgan fingerprint density at radius 2 is 2.16 bits per heavy atom. The topological polar surface area (TPSA) is 62.2 Å². The summed E-state index contributed by atoms with van der Waals surface area (Å²) < 4.78 is 0. The zero-order chi connectivity index (χ0) is 14.6. The summed E-state index contributed by atoms with van der Waals surface area (Å²) in [7, 11) is 0. The molecule has 0 bridgehead atoms. The lowest BCUT2D eigenvalue weighted by Gasteiger charge is -2.27. The summed E-state index contributed by atoms with van der Waals surface area (Å²) in [5, 5.41) is 12.5. The first kappa shape index (κ1) is 15.9. The normalized spacial score (nSPS) is 14.3. The molecular formula is C14H21ClN2O2. The molecule has 1 aromatic heterocycles. The highest BCUT2D eigenvalue weighted by Crippen LogP contribution is 2.18. The number of hydrogen-bond donors (Lipinski definition) is 2. The zero-order valence-corrected chi connectivity index (χ0v) is 12.6. The predicted molar refractivity (Wildman–Crippen MR) is 76.6 cm³/mol. The Balaban J connectivity index is 3.00. The molecule has 1 heterocycles. The molecule has 2 N–H and O–H groups in total. The van der Waals surface area contributed by atoms with Crippen LogP contribution in [0.2, 0.25) is 5.15 Å². The molecule has 1 amide bonds. The Kier molecular flexibility index (Phi) is 5.32. The van der Waals surface area contributed by atoms with E-state index in [4.69, 9.17) is 11.6 Å². The molecule has 0 radical (unpaired) electrons. The number of aliphatic hydroxyl groups is 1. The molecule has 1 aromatic rings. The summed E-state index contributed by atoms with van der Waals surface area (Å²) in [5.74, 6) is -0.0507. The van der Waals surface area contributed by atoms with Crippen molar-refractivity contribution < 1.29 is 9.90 Å². The van der Waals surface area contributed by atoms with E-state index in [1.165, 1.54) is 6.07 Å². The van der Waals surface area contributed by atoms with Crippen LogP contribution in [0, 0.1) is 0 Å². The van der Waals surface area contributed by atoms with Crippen molar-refractivity contribution in [3.63, 3.8) is 0 Å². The van der Waals surface area contributed by atoms with E-state index in [0.29, 0.717) is 17.1 Å². The number of halogens is 1. The number of carbonyl (C=O) groups is 1. The van der Waals surface area contributed by atoms with Crippen molar-refractivity contribution in [3.8, 4) is 0 Å². The maximum absolute atomic E-state index is 12.2. The van der Waals surface area contributed by atoms with Crippen molar-refractivity contribution >= 4 is 17.5 Å². The van der Waals surface area contributed by atoms with Gasteiger partial charge in [0.1, 0.15) is 5.15 Å². The van der Waals surface area contributed by atoms with Crippen LogP contribution in [-0.4, -0.2) is 28.1 Å². The highest BCUT2D eigenvalue weighted by molar-refractivity contribution is 6.29. The largest absolute Gasteiger partial charge is 0.394 e. The van der Waals surface area contributed by atoms with Crippen LogP contribution in [0.5, 0.6) is 0 Å². The third-order valence-corrected chi connectivity index (χ3v) is 3.41. The minimum atomic E-state index is -0.620. The number of rotatable bonds is 5. The zero-order valence-electron chi connectivity index (χ0n) is 11.8. The predicted octanol–water partition coefficient (Wildman–Crippen LogP) is 2.75. The van der Waals surface area contributed by atoms with Crippen molar-refractivity contribution in [3.05, 3.63) is 28.5 Å². The average molecular weight is 285 g/mol. The van der Waals surface area contributed by atoms with Gasteiger partial charge in [-0.15, -0.1) is 0 Å². The minimum absolute atomic E-state index is 0.106. The number of carbonyl (C=O) groups excluding carboxylic acids is 1. The van der Waals surface area contributed by atoms with E-state index < -0.39 is 5.54 Å². The Labute approximate surface area is 119 Å². The minimum Gasteiger partial charge on any atom is -0.394 e. The van der Waals surface area contributed by atoms with Gasteiger partial charge in [0.05, 0.1) is 12.1 Å². The first-order chi connectivity index (χ1) is 8.81. The van der Waals surface area contributed by atoms with Crippen LogP contribution in [0.15, 0.2) is 12.1 Å². The Morgan fingerprint density at radius 3 is 2.63 bits per heavy atom. The quantitative estimate of drug-likeness (QED) is 0.817. The second kappa shape index (κ2) is 6.35. The maximum Gasteiger partial charge on any atom is 0.251 e. The van der Waals surface area contributed by atoms with Crippen LogP contribution >= 0.6 is 11.6 Å². The standard InChI is InChI=1S/C14H21ClN2O2/c1-5-14(4,8-18)17-13(19)10-6-11(9(2)3)16-12(15)7-10/h6-7,9,18H,5,8H2,1-4H3,(H,17,19). The summed E-state index contributed by atoms with van der Waals surface area (Å²) in [4.78, 5) is 16.4. The van der Waals surface area contributed by atoms with Gasteiger partial charge in [0.2, 0.25) is 0 Å². The molecule has 1 unspecified atom stereocenters. The van der Waals surface area contributed by atoms with Crippen molar-refractivity contribution in [1.82, 2.24) is 10.3 Å². The lowest BCUT2D eigenvalue weighted by molar-refractivity contribution is 0.0847. The summed E-state index contributed by atoms with van der Waals surface area (Å²) in [6.45, 7) is 7.59. The van der Waals surface area contributed by atoms with Crippen LogP contribution in [-0.2, 0) is 0 Å². The third-order valence-electron chi connectivity index (χ3n) is 3.21. The Bertz CT molecular complexity index is 457. The number of nitrogens with one attached hydrogen (secondary N) is 1. The van der Waals surface area contributed by atoms with Gasteiger partial charge in [-0.05, 0) is 31.4 Å². The lowest BCUT2D eigenvalue weighted by Crippen LogP contribution is -2.48. The maximum atomic E-state index is 12.2. The second-order valence-electron chi connectivity index (χ2n) is 5.28. The van der Waals surface area contributed by atoms with Crippen molar-refractivity contribution in [2.24, 2.45) is 0 Å². The van der Waals surface area contributed by atoms with E-state index in [1.54, 1.807) is 13.0 Å². The van der Waals surface area contributed by atoms with Crippen LogP contribution in [0.1, 0.15) is 56.1 Å². The van der Waals surface area contributed by atoms with E-state index in [0.717, 1.165) is 5.69 Å². The third kappa shape index (κ3) is 4.18. The van der Waals surface area contributed by atoms with Gasteiger partial charge in [-0.1, -0.05) is 32.4 Å². The monoisotopic (exact) mass is 284 g/mol. The molecule has 0 aliphatic rings. The van der Waals surface area contributed by atoms with Gasteiger partial charge < -0.3 is 10.4 Å². The molecule has 5 heteroatoms. The number of amides is 1. The molecule has 0 aromatic carbocycles. The van der Waals surface area contributed by atoms with Gasteiger partial charge >= 0.3 is 0 Å². The molecule has 1 rings (SSSR count). The van der Waals surface area contributed by atoms with Crippen molar-refractivity contribution in [2.45, 2.75) is 45.6 Å². The van der Waals surface area contributed by atoms with Gasteiger partial charge in [-0.3, -0.25) is 4.79 Å². The molecule has 106 valence electrons. The molecule has 19 heavy (non-hydrogen) atoms. The highest BCUT2D eigenvalue weighted by atomic mass is 35.5. The SMILES string of the molecule is CCC(C)(CO)NC(=O)c1cc(Cl)nc(C(C)C)c1. The fourth-order valence-corrected chi connectivity index (χ4v) is 1.75. The molecule has 0 saturated carbocycles. The number of aromatic nitrogens is 1.